The highest BCUT2D eigenvalue weighted by Gasteiger charge is 2.09. The maximum atomic E-state index is 11.7. The van der Waals surface area contributed by atoms with Gasteiger partial charge in [-0.05, 0) is 38.0 Å². The maximum Gasteiger partial charge on any atom is 0.251 e. The van der Waals surface area contributed by atoms with Crippen LogP contribution >= 0.6 is 0 Å². The van der Waals surface area contributed by atoms with Gasteiger partial charge in [0.25, 0.3) is 5.91 Å². The van der Waals surface area contributed by atoms with Gasteiger partial charge < -0.3 is 10.4 Å². The van der Waals surface area contributed by atoms with Crippen molar-refractivity contribution in [1.82, 2.24) is 5.32 Å². The van der Waals surface area contributed by atoms with Crippen LogP contribution in [0.4, 0.5) is 0 Å². The molecule has 3 nitrogen and oxygen atoms in total. The standard InChI is InChI=1S/C13H17NO2/c1-4-5-10(3)14-13(16)11-7-6-9(2)12(15)8-11/h4,6-8,10,15H,1,5H2,2-3H3,(H,14,16). The van der Waals surface area contributed by atoms with Crippen LogP contribution in [0.2, 0.25) is 0 Å². The lowest BCUT2D eigenvalue weighted by molar-refractivity contribution is 0.0940. The lowest BCUT2D eigenvalue weighted by atomic mass is 10.1. The van der Waals surface area contributed by atoms with Crippen molar-refractivity contribution in [2.24, 2.45) is 0 Å². The number of nitrogens with one attached hydrogen (secondary N) is 1. The molecule has 1 aromatic rings. The summed E-state index contributed by atoms with van der Waals surface area (Å²) < 4.78 is 0. The van der Waals surface area contributed by atoms with Crippen LogP contribution in [0.3, 0.4) is 0 Å². The molecule has 1 aromatic carbocycles. The second kappa shape index (κ2) is 5.35. The maximum absolute atomic E-state index is 11.7. The first kappa shape index (κ1) is 12.3. The minimum absolute atomic E-state index is 0.0495. The zero-order valence-corrected chi connectivity index (χ0v) is 9.66. The van der Waals surface area contributed by atoms with Gasteiger partial charge in [-0.1, -0.05) is 12.1 Å². The zero-order chi connectivity index (χ0) is 12.1. The van der Waals surface area contributed by atoms with Gasteiger partial charge in [-0.3, -0.25) is 4.79 Å². The van der Waals surface area contributed by atoms with Crippen molar-refractivity contribution in [2.45, 2.75) is 26.3 Å². The van der Waals surface area contributed by atoms with Crippen molar-refractivity contribution in [1.29, 1.82) is 0 Å². The molecule has 0 aliphatic heterocycles. The van der Waals surface area contributed by atoms with Crippen molar-refractivity contribution >= 4 is 5.91 Å². The van der Waals surface area contributed by atoms with Crippen LogP contribution in [0.25, 0.3) is 0 Å². The Morgan fingerprint density at radius 1 is 1.62 bits per heavy atom. The molecule has 0 spiro atoms. The number of hydrogen-bond donors (Lipinski definition) is 2. The molecule has 1 rings (SSSR count). The predicted octanol–water partition coefficient (Wildman–Crippen LogP) is 2.40. The van der Waals surface area contributed by atoms with Crippen LogP contribution in [-0.2, 0) is 0 Å². The number of carbonyl (C=O) groups is 1. The summed E-state index contributed by atoms with van der Waals surface area (Å²) in [6.07, 6.45) is 2.49. The van der Waals surface area contributed by atoms with E-state index in [0.717, 1.165) is 12.0 Å². The second-order valence-electron chi connectivity index (χ2n) is 3.90. The van der Waals surface area contributed by atoms with Crippen LogP contribution in [-0.4, -0.2) is 17.1 Å². The van der Waals surface area contributed by atoms with Crippen molar-refractivity contribution < 1.29 is 9.90 Å². The lowest BCUT2D eigenvalue weighted by Crippen LogP contribution is -2.32. The third-order valence-electron chi connectivity index (χ3n) is 2.37. The van der Waals surface area contributed by atoms with E-state index in [1.54, 1.807) is 25.1 Å². The molecule has 0 aliphatic carbocycles. The smallest absolute Gasteiger partial charge is 0.251 e. The second-order valence-corrected chi connectivity index (χ2v) is 3.90. The Morgan fingerprint density at radius 3 is 2.88 bits per heavy atom. The molecule has 0 fully saturated rings. The molecule has 3 heteroatoms. The van der Waals surface area contributed by atoms with Crippen LogP contribution < -0.4 is 5.32 Å². The van der Waals surface area contributed by atoms with Crippen LogP contribution in [0, 0.1) is 6.92 Å². The Morgan fingerprint density at radius 2 is 2.31 bits per heavy atom. The number of aryl methyl sites for hydroxylation is 1. The van der Waals surface area contributed by atoms with E-state index in [2.05, 4.69) is 11.9 Å². The van der Waals surface area contributed by atoms with Crippen LogP contribution in [0.5, 0.6) is 5.75 Å². The van der Waals surface area contributed by atoms with Gasteiger partial charge >= 0.3 is 0 Å². The molecule has 0 aliphatic rings. The lowest BCUT2D eigenvalue weighted by Gasteiger charge is -2.12. The summed E-state index contributed by atoms with van der Waals surface area (Å²) >= 11 is 0. The zero-order valence-electron chi connectivity index (χ0n) is 9.66. The van der Waals surface area contributed by atoms with Gasteiger partial charge in [-0.2, -0.15) is 0 Å². The molecule has 0 radical (unpaired) electrons. The first-order valence-electron chi connectivity index (χ1n) is 5.26. The monoisotopic (exact) mass is 219 g/mol. The van der Waals surface area contributed by atoms with E-state index in [0.29, 0.717) is 5.56 Å². The van der Waals surface area contributed by atoms with E-state index in [4.69, 9.17) is 0 Å². The molecular formula is C13H17NO2. The summed E-state index contributed by atoms with van der Waals surface area (Å²) in [6, 6.07) is 4.95. The number of amides is 1. The molecule has 0 aromatic heterocycles. The Hall–Kier alpha value is -1.77. The first-order chi connectivity index (χ1) is 7.54. The number of carbonyl (C=O) groups excluding carboxylic acids is 1. The topological polar surface area (TPSA) is 49.3 Å². The SMILES string of the molecule is C=CCC(C)NC(=O)c1ccc(C)c(O)c1. The van der Waals surface area contributed by atoms with Crippen molar-refractivity contribution in [3.05, 3.63) is 42.0 Å². The van der Waals surface area contributed by atoms with Crippen molar-refractivity contribution in [3.8, 4) is 5.75 Å². The molecule has 86 valence electrons. The van der Waals surface area contributed by atoms with E-state index >= 15 is 0 Å². The summed E-state index contributed by atoms with van der Waals surface area (Å²) in [5, 5.41) is 12.3. The third-order valence-corrected chi connectivity index (χ3v) is 2.37. The molecule has 0 bridgehead atoms. The average Bonchev–Trinajstić information content (AvgIpc) is 2.22. The molecule has 2 N–H and O–H groups in total. The summed E-state index contributed by atoms with van der Waals surface area (Å²) in [5.74, 6) is -0.0336. The number of aromatic hydroxyl groups is 1. The normalized spacial score (nSPS) is 11.9. The van der Waals surface area contributed by atoms with Gasteiger partial charge in [0.1, 0.15) is 5.75 Å². The largest absolute Gasteiger partial charge is 0.508 e. The fourth-order valence-electron chi connectivity index (χ4n) is 1.37. The number of benzene rings is 1. The van der Waals surface area contributed by atoms with E-state index < -0.39 is 0 Å². The van der Waals surface area contributed by atoms with E-state index in [-0.39, 0.29) is 17.7 Å². The molecule has 16 heavy (non-hydrogen) atoms. The minimum Gasteiger partial charge on any atom is -0.508 e. The highest BCUT2D eigenvalue weighted by atomic mass is 16.3. The molecule has 1 unspecified atom stereocenters. The Kier molecular flexibility index (Phi) is 4.11. The fourth-order valence-corrected chi connectivity index (χ4v) is 1.37. The number of hydrogen-bond acceptors (Lipinski definition) is 2. The first-order valence-corrected chi connectivity index (χ1v) is 5.26. The summed E-state index contributed by atoms with van der Waals surface area (Å²) in [7, 11) is 0. The number of rotatable bonds is 4. The summed E-state index contributed by atoms with van der Waals surface area (Å²) in [5.41, 5.74) is 1.23. The highest BCUT2D eigenvalue weighted by Crippen LogP contribution is 2.17. The van der Waals surface area contributed by atoms with Gasteiger partial charge in [0.2, 0.25) is 0 Å². The fraction of sp³-hybridized carbons (Fsp3) is 0.308. The van der Waals surface area contributed by atoms with Crippen LogP contribution in [0.15, 0.2) is 30.9 Å². The van der Waals surface area contributed by atoms with E-state index in [1.165, 1.54) is 6.07 Å². The third kappa shape index (κ3) is 3.12. The van der Waals surface area contributed by atoms with E-state index in [9.17, 15) is 9.90 Å². The van der Waals surface area contributed by atoms with Gasteiger partial charge in [-0.25, -0.2) is 0 Å². The Bertz CT molecular complexity index is 399. The van der Waals surface area contributed by atoms with Crippen molar-refractivity contribution in [3.63, 3.8) is 0 Å². The van der Waals surface area contributed by atoms with Gasteiger partial charge in [-0.15, -0.1) is 6.58 Å². The van der Waals surface area contributed by atoms with Gasteiger partial charge in [0.15, 0.2) is 0 Å². The molecule has 0 saturated carbocycles. The van der Waals surface area contributed by atoms with Crippen LogP contribution in [0.1, 0.15) is 29.3 Å². The molecule has 1 atom stereocenters. The van der Waals surface area contributed by atoms with Gasteiger partial charge in [0, 0.05) is 11.6 Å². The molecule has 0 saturated heterocycles. The highest BCUT2D eigenvalue weighted by molar-refractivity contribution is 5.94. The Labute approximate surface area is 95.8 Å². The van der Waals surface area contributed by atoms with Gasteiger partial charge in [0.05, 0.1) is 0 Å². The summed E-state index contributed by atoms with van der Waals surface area (Å²) in [4.78, 5) is 11.7. The van der Waals surface area contributed by atoms with Crippen molar-refractivity contribution in [2.75, 3.05) is 0 Å². The minimum atomic E-state index is -0.176. The predicted molar refractivity (Wildman–Crippen MR) is 64.6 cm³/mol. The molecule has 0 heterocycles. The number of phenolic OH excluding ortho intramolecular Hbond substituents is 1. The van der Waals surface area contributed by atoms with E-state index in [1.807, 2.05) is 6.92 Å². The number of phenols is 1. The quantitative estimate of drug-likeness (QED) is 0.764. The average molecular weight is 219 g/mol. The molecular weight excluding hydrogens is 202 g/mol. The summed E-state index contributed by atoms with van der Waals surface area (Å²) in [6.45, 7) is 7.31. The Balaban J connectivity index is 2.73. The molecule has 1 amide bonds.